The lowest BCUT2D eigenvalue weighted by Gasteiger charge is -2.02. The molecule has 0 amide bonds. The average molecular weight is 318 g/mol. The molecule has 114 valence electrons. The van der Waals surface area contributed by atoms with Crippen LogP contribution in [0.3, 0.4) is 0 Å². The maximum absolute atomic E-state index is 12.2. The number of sulfonamides is 1. The van der Waals surface area contributed by atoms with E-state index in [-0.39, 0.29) is 11.4 Å². The molecule has 0 saturated heterocycles. The zero-order valence-electron chi connectivity index (χ0n) is 11.8. The quantitative estimate of drug-likeness (QED) is 0.772. The number of nitrogens with one attached hydrogen (secondary N) is 1. The van der Waals surface area contributed by atoms with Crippen molar-refractivity contribution in [1.29, 1.82) is 0 Å². The molecule has 0 fully saturated rings. The van der Waals surface area contributed by atoms with Gasteiger partial charge in [0.15, 0.2) is 5.82 Å². The molecule has 0 unspecified atom stereocenters. The second-order valence-electron chi connectivity index (χ2n) is 4.65. The first-order chi connectivity index (χ1) is 10.5. The van der Waals surface area contributed by atoms with E-state index in [1.54, 1.807) is 43.5 Å². The monoisotopic (exact) mass is 318 g/mol. The van der Waals surface area contributed by atoms with Gasteiger partial charge in [0.25, 0.3) is 0 Å². The van der Waals surface area contributed by atoms with Crippen molar-refractivity contribution in [2.75, 3.05) is 0 Å². The fraction of sp³-hybridized carbons (Fsp3) is 0.143. The van der Waals surface area contributed by atoms with E-state index in [1.807, 2.05) is 0 Å². The highest BCUT2D eigenvalue weighted by Gasteiger charge is 2.17. The van der Waals surface area contributed by atoms with Crippen LogP contribution < -0.4 is 4.72 Å². The third-order valence-corrected chi connectivity index (χ3v) is 4.34. The summed E-state index contributed by atoms with van der Waals surface area (Å²) in [6.45, 7) is 1.89. The highest BCUT2D eigenvalue weighted by molar-refractivity contribution is 7.89. The summed E-state index contributed by atoms with van der Waals surface area (Å²) in [6.07, 6.45) is 4.31. The van der Waals surface area contributed by atoms with Crippen molar-refractivity contribution in [3.05, 3.63) is 60.4 Å². The number of hydrogen-bond acceptors (Lipinski definition) is 5. The minimum atomic E-state index is -3.66. The average Bonchev–Trinajstić information content (AvgIpc) is 3.15. The van der Waals surface area contributed by atoms with Crippen LogP contribution in [0.15, 0.2) is 58.2 Å². The van der Waals surface area contributed by atoms with Gasteiger partial charge in [0.2, 0.25) is 10.0 Å². The Labute approximate surface area is 127 Å². The van der Waals surface area contributed by atoms with Gasteiger partial charge in [-0.25, -0.2) is 22.8 Å². The van der Waals surface area contributed by atoms with E-state index in [9.17, 15) is 8.42 Å². The summed E-state index contributed by atoms with van der Waals surface area (Å²) in [5.41, 5.74) is 0. The molecule has 3 aromatic rings. The molecule has 0 atom stereocenters. The number of nitrogens with zero attached hydrogens (tertiary/aromatic N) is 3. The molecular weight excluding hydrogens is 304 g/mol. The first kappa shape index (κ1) is 14.5. The van der Waals surface area contributed by atoms with Gasteiger partial charge in [-0.15, -0.1) is 0 Å². The summed E-state index contributed by atoms with van der Waals surface area (Å²) in [5, 5.41) is 4.02. The summed E-state index contributed by atoms with van der Waals surface area (Å²) in [5.74, 6) is 1.83. The SMILES string of the molecule is Cc1ccc(CNS(=O)(=O)c2cnn(-c3ccccn3)c2)o1. The standard InChI is InChI=1S/C14H14N4O3S/c1-11-5-6-12(21-11)8-17-22(19,20)13-9-16-18(10-13)14-4-2-3-7-15-14/h2-7,9-10,17H,8H2,1H3. The molecule has 3 rings (SSSR count). The summed E-state index contributed by atoms with van der Waals surface area (Å²) < 4.78 is 33.7. The van der Waals surface area contributed by atoms with Gasteiger partial charge in [-0.1, -0.05) is 6.07 Å². The Morgan fingerprint density at radius 2 is 2.14 bits per heavy atom. The van der Waals surface area contributed by atoms with E-state index in [1.165, 1.54) is 17.1 Å². The van der Waals surface area contributed by atoms with Crippen molar-refractivity contribution in [2.24, 2.45) is 0 Å². The van der Waals surface area contributed by atoms with Gasteiger partial charge < -0.3 is 4.42 Å². The molecule has 3 aromatic heterocycles. The zero-order chi connectivity index (χ0) is 15.6. The second-order valence-corrected chi connectivity index (χ2v) is 6.41. The van der Waals surface area contributed by atoms with Crippen LogP contribution in [0.2, 0.25) is 0 Å². The molecule has 0 spiro atoms. The van der Waals surface area contributed by atoms with Gasteiger partial charge in [-0.05, 0) is 31.2 Å². The number of aryl methyl sites for hydroxylation is 1. The van der Waals surface area contributed by atoms with E-state index in [0.717, 1.165) is 5.76 Å². The van der Waals surface area contributed by atoms with E-state index in [2.05, 4.69) is 14.8 Å². The summed E-state index contributed by atoms with van der Waals surface area (Å²) in [6, 6.07) is 8.83. The van der Waals surface area contributed by atoms with E-state index in [0.29, 0.717) is 11.6 Å². The molecule has 0 aliphatic rings. The minimum absolute atomic E-state index is 0.0708. The smallest absolute Gasteiger partial charge is 0.244 e. The van der Waals surface area contributed by atoms with E-state index in [4.69, 9.17) is 4.42 Å². The van der Waals surface area contributed by atoms with Crippen molar-refractivity contribution in [3.8, 4) is 5.82 Å². The molecule has 0 aliphatic heterocycles. The van der Waals surface area contributed by atoms with Crippen LogP contribution in [0.4, 0.5) is 0 Å². The summed E-state index contributed by atoms with van der Waals surface area (Å²) in [4.78, 5) is 4.18. The van der Waals surface area contributed by atoms with Crippen LogP contribution in [0, 0.1) is 6.92 Å². The van der Waals surface area contributed by atoms with Crippen molar-refractivity contribution in [2.45, 2.75) is 18.4 Å². The lowest BCUT2D eigenvalue weighted by Crippen LogP contribution is -2.22. The fourth-order valence-electron chi connectivity index (χ4n) is 1.89. The Morgan fingerprint density at radius 3 is 2.82 bits per heavy atom. The van der Waals surface area contributed by atoms with Gasteiger partial charge in [0, 0.05) is 6.20 Å². The fourth-order valence-corrected chi connectivity index (χ4v) is 2.81. The number of hydrogen-bond donors (Lipinski definition) is 1. The van der Waals surface area contributed by atoms with Crippen LogP contribution in [-0.2, 0) is 16.6 Å². The molecule has 7 nitrogen and oxygen atoms in total. The Bertz CT molecular complexity index is 868. The van der Waals surface area contributed by atoms with E-state index < -0.39 is 10.0 Å². The maximum atomic E-state index is 12.2. The highest BCUT2D eigenvalue weighted by atomic mass is 32.2. The Hall–Kier alpha value is -2.45. The van der Waals surface area contributed by atoms with Gasteiger partial charge in [0.1, 0.15) is 16.4 Å². The largest absolute Gasteiger partial charge is 0.465 e. The first-order valence-electron chi connectivity index (χ1n) is 6.56. The predicted octanol–water partition coefficient (Wildman–Crippen LogP) is 1.65. The molecule has 0 aromatic carbocycles. The van der Waals surface area contributed by atoms with Crippen LogP contribution in [-0.4, -0.2) is 23.2 Å². The Morgan fingerprint density at radius 1 is 1.27 bits per heavy atom. The predicted molar refractivity (Wildman–Crippen MR) is 78.8 cm³/mol. The summed E-state index contributed by atoms with van der Waals surface area (Å²) >= 11 is 0. The van der Waals surface area contributed by atoms with Crippen LogP contribution >= 0.6 is 0 Å². The molecule has 0 saturated carbocycles. The van der Waals surface area contributed by atoms with E-state index >= 15 is 0 Å². The third kappa shape index (κ3) is 3.07. The topological polar surface area (TPSA) is 90.0 Å². The minimum Gasteiger partial charge on any atom is -0.465 e. The maximum Gasteiger partial charge on any atom is 0.244 e. The number of furan rings is 1. The molecule has 22 heavy (non-hydrogen) atoms. The number of rotatable bonds is 5. The van der Waals surface area contributed by atoms with Crippen molar-refractivity contribution >= 4 is 10.0 Å². The Kier molecular flexibility index (Phi) is 3.78. The van der Waals surface area contributed by atoms with Gasteiger partial charge in [0.05, 0.1) is 18.9 Å². The summed E-state index contributed by atoms with van der Waals surface area (Å²) in [7, 11) is -3.66. The van der Waals surface area contributed by atoms with Crippen LogP contribution in [0.1, 0.15) is 11.5 Å². The van der Waals surface area contributed by atoms with Gasteiger partial charge >= 0.3 is 0 Å². The van der Waals surface area contributed by atoms with Crippen molar-refractivity contribution < 1.29 is 12.8 Å². The molecule has 0 aliphatic carbocycles. The molecule has 1 N–H and O–H groups in total. The molecular formula is C14H14N4O3S. The molecule has 0 bridgehead atoms. The highest BCUT2D eigenvalue weighted by Crippen LogP contribution is 2.12. The van der Waals surface area contributed by atoms with Gasteiger partial charge in [-0.2, -0.15) is 5.10 Å². The van der Waals surface area contributed by atoms with Gasteiger partial charge in [-0.3, -0.25) is 0 Å². The number of pyridine rings is 1. The van der Waals surface area contributed by atoms with Crippen LogP contribution in [0.25, 0.3) is 5.82 Å². The molecule has 0 radical (unpaired) electrons. The van der Waals surface area contributed by atoms with Crippen molar-refractivity contribution in [3.63, 3.8) is 0 Å². The molecule has 3 heterocycles. The van der Waals surface area contributed by atoms with Crippen LogP contribution in [0.5, 0.6) is 0 Å². The Balaban J connectivity index is 1.77. The first-order valence-corrected chi connectivity index (χ1v) is 8.04. The zero-order valence-corrected chi connectivity index (χ0v) is 12.6. The third-order valence-electron chi connectivity index (χ3n) is 2.99. The molecule has 8 heteroatoms. The van der Waals surface area contributed by atoms with Crippen molar-refractivity contribution in [1.82, 2.24) is 19.5 Å². The lowest BCUT2D eigenvalue weighted by atomic mass is 10.4. The lowest BCUT2D eigenvalue weighted by molar-refractivity contribution is 0.475. The second kappa shape index (κ2) is 5.74. The number of aromatic nitrogens is 3. The normalized spacial score (nSPS) is 11.7.